The molecule has 1 aliphatic rings. The second kappa shape index (κ2) is 12.5. The number of carbonyl (C=O) groups is 2. The number of hydrogen-bond donors (Lipinski definition) is 1. The highest BCUT2D eigenvalue weighted by Gasteiger charge is 2.32. The third-order valence-corrected chi connectivity index (χ3v) is 6.93. The molecular formula is C31H35FN2O2. The lowest BCUT2D eigenvalue weighted by Crippen LogP contribution is -2.53. The predicted octanol–water partition coefficient (Wildman–Crippen LogP) is 5.77. The molecule has 0 heterocycles. The predicted molar refractivity (Wildman–Crippen MR) is 141 cm³/mol. The van der Waals surface area contributed by atoms with Crippen molar-refractivity contribution in [3.05, 3.63) is 107 Å². The number of carbonyl (C=O) groups excluding carboxylic acids is 2. The highest BCUT2D eigenvalue weighted by molar-refractivity contribution is 5.89. The van der Waals surface area contributed by atoms with E-state index in [0.29, 0.717) is 13.0 Å². The molecule has 3 aromatic carbocycles. The van der Waals surface area contributed by atoms with E-state index in [9.17, 15) is 14.0 Å². The molecule has 1 aliphatic carbocycles. The van der Waals surface area contributed by atoms with Crippen LogP contribution in [-0.2, 0) is 29.0 Å². The van der Waals surface area contributed by atoms with E-state index in [1.54, 1.807) is 17.0 Å². The third-order valence-electron chi connectivity index (χ3n) is 6.93. The molecule has 2 amide bonds. The van der Waals surface area contributed by atoms with Gasteiger partial charge in [0.1, 0.15) is 11.9 Å². The van der Waals surface area contributed by atoms with Crippen LogP contribution in [0.5, 0.6) is 0 Å². The molecule has 0 aromatic heterocycles. The lowest BCUT2D eigenvalue weighted by Gasteiger charge is -2.33. The molecule has 1 atom stereocenters. The fourth-order valence-electron chi connectivity index (χ4n) is 4.98. The Balaban J connectivity index is 1.65. The monoisotopic (exact) mass is 486 g/mol. The summed E-state index contributed by atoms with van der Waals surface area (Å²) < 4.78 is 13.5. The van der Waals surface area contributed by atoms with Crippen molar-refractivity contribution in [1.82, 2.24) is 10.2 Å². The first kappa shape index (κ1) is 25.6. The van der Waals surface area contributed by atoms with Gasteiger partial charge in [-0.05, 0) is 48.6 Å². The zero-order valence-corrected chi connectivity index (χ0v) is 21.0. The zero-order valence-electron chi connectivity index (χ0n) is 21.0. The van der Waals surface area contributed by atoms with Gasteiger partial charge in [-0.3, -0.25) is 9.59 Å². The maximum absolute atomic E-state index is 13.8. The number of rotatable bonds is 9. The number of aryl methyl sites for hydroxylation is 1. The van der Waals surface area contributed by atoms with E-state index in [1.807, 2.05) is 55.5 Å². The minimum atomic E-state index is -0.650. The number of halogens is 1. The van der Waals surface area contributed by atoms with Gasteiger partial charge >= 0.3 is 0 Å². The molecule has 1 N–H and O–H groups in total. The Hall–Kier alpha value is -3.47. The number of amides is 2. The smallest absolute Gasteiger partial charge is 0.243 e. The molecule has 4 rings (SSSR count). The number of benzene rings is 3. The second-order valence-corrected chi connectivity index (χ2v) is 9.86. The molecule has 0 saturated heterocycles. The molecule has 0 radical (unpaired) electrons. The number of hydrogen-bond acceptors (Lipinski definition) is 2. The molecule has 3 aromatic rings. The van der Waals surface area contributed by atoms with Gasteiger partial charge in [-0.25, -0.2) is 4.39 Å². The Morgan fingerprint density at radius 3 is 2.28 bits per heavy atom. The molecule has 4 nitrogen and oxygen atoms in total. The van der Waals surface area contributed by atoms with Crippen LogP contribution < -0.4 is 5.32 Å². The fraction of sp³-hybridized carbons (Fsp3) is 0.355. The van der Waals surface area contributed by atoms with E-state index in [2.05, 4.69) is 11.4 Å². The van der Waals surface area contributed by atoms with Crippen LogP contribution in [-0.4, -0.2) is 28.8 Å². The van der Waals surface area contributed by atoms with Gasteiger partial charge in [-0.2, -0.15) is 0 Å². The van der Waals surface area contributed by atoms with E-state index in [0.717, 1.165) is 47.9 Å². The molecule has 1 fully saturated rings. The van der Waals surface area contributed by atoms with Crippen LogP contribution in [0.4, 0.5) is 4.39 Å². The Labute approximate surface area is 213 Å². The maximum atomic E-state index is 13.8. The molecule has 5 heteroatoms. The lowest BCUT2D eigenvalue weighted by atomic mass is 9.94. The summed E-state index contributed by atoms with van der Waals surface area (Å²) in [5.41, 5.74) is 3.81. The van der Waals surface area contributed by atoms with Gasteiger partial charge in [0.15, 0.2) is 0 Å². The SMILES string of the molecule is Cc1cccc(CN(C(=O)Cc2ccc(F)cc2)C(Cc2ccccc2)C(=O)NC2CCCCC2)c1. The third kappa shape index (κ3) is 7.27. The Morgan fingerprint density at radius 1 is 0.889 bits per heavy atom. The van der Waals surface area contributed by atoms with Crippen molar-refractivity contribution in [1.29, 1.82) is 0 Å². The normalized spacial score (nSPS) is 14.7. The standard InChI is InChI=1S/C31H35FN2O2/c1-23-9-8-12-26(19-23)22-34(30(35)21-25-15-17-27(32)18-16-25)29(20-24-10-4-2-5-11-24)31(36)33-28-13-6-3-7-14-28/h2,4-5,8-12,15-19,28-29H,3,6-7,13-14,20-22H2,1H3,(H,33,36). The topological polar surface area (TPSA) is 49.4 Å². The lowest BCUT2D eigenvalue weighted by molar-refractivity contribution is -0.141. The summed E-state index contributed by atoms with van der Waals surface area (Å²) >= 11 is 0. The molecule has 36 heavy (non-hydrogen) atoms. The Morgan fingerprint density at radius 2 is 1.58 bits per heavy atom. The molecule has 188 valence electrons. The van der Waals surface area contributed by atoms with Crippen LogP contribution in [0.1, 0.15) is 54.4 Å². The summed E-state index contributed by atoms with van der Waals surface area (Å²) in [4.78, 5) is 29.2. The van der Waals surface area contributed by atoms with Gasteiger partial charge in [0.2, 0.25) is 11.8 Å². The average molecular weight is 487 g/mol. The van der Waals surface area contributed by atoms with E-state index < -0.39 is 6.04 Å². The molecular weight excluding hydrogens is 451 g/mol. The van der Waals surface area contributed by atoms with E-state index in [-0.39, 0.29) is 30.1 Å². The van der Waals surface area contributed by atoms with Crippen LogP contribution in [0.2, 0.25) is 0 Å². The van der Waals surface area contributed by atoms with Crippen LogP contribution >= 0.6 is 0 Å². The molecule has 1 unspecified atom stereocenters. The molecule has 0 aliphatic heterocycles. The average Bonchev–Trinajstić information content (AvgIpc) is 2.88. The van der Waals surface area contributed by atoms with E-state index in [4.69, 9.17) is 0 Å². The first-order valence-electron chi connectivity index (χ1n) is 12.9. The summed E-state index contributed by atoms with van der Waals surface area (Å²) in [6.45, 7) is 2.35. The Bertz CT molecular complexity index is 1140. The molecule has 1 saturated carbocycles. The molecule has 0 bridgehead atoms. The minimum absolute atomic E-state index is 0.105. The largest absolute Gasteiger partial charge is 0.352 e. The van der Waals surface area contributed by atoms with Crippen molar-refractivity contribution >= 4 is 11.8 Å². The Kier molecular flexibility index (Phi) is 8.88. The van der Waals surface area contributed by atoms with E-state index in [1.165, 1.54) is 18.6 Å². The van der Waals surface area contributed by atoms with Crippen molar-refractivity contribution in [2.24, 2.45) is 0 Å². The summed E-state index contributed by atoms with van der Waals surface area (Å²) in [5, 5.41) is 3.26. The van der Waals surface area contributed by atoms with Crippen molar-refractivity contribution in [2.75, 3.05) is 0 Å². The van der Waals surface area contributed by atoms with Crippen LogP contribution in [0.3, 0.4) is 0 Å². The van der Waals surface area contributed by atoms with E-state index >= 15 is 0 Å². The first-order valence-corrected chi connectivity index (χ1v) is 12.9. The maximum Gasteiger partial charge on any atom is 0.243 e. The van der Waals surface area contributed by atoms with Crippen LogP contribution in [0.15, 0.2) is 78.9 Å². The fourth-order valence-corrected chi connectivity index (χ4v) is 4.98. The number of nitrogens with zero attached hydrogens (tertiary/aromatic N) is 1. The summed E-state index contributed by atoms with van der Waals surface area (Å²) in [6, 6.07) is 23.4. The van der Waals surface area contributed by atoms with Gasteiger partial charge in [-0.1, -0.05) is 91.6 Å². The quantitative estimate of drug-likeness (QED) is 0.418. The summed E-state index contributed by atoms with van der Waals surface area (Å²) in [5.74, 6) is -0.592. The summed E-state index contributed by atoms with van der Waals surface area (Å²) in [7, 11) is 0. The highest BCUT2D eigenvalue weighted by Crippen LogP contribution is 2.21. The van der Waals surface area contributed by atoms with Crippen molar-refractivity contribution in [2.45, 2.75) is 70.5 Å². The zero-order chi connectivity index (χ0) is 25.3. The van der Waals surface area contributed by atoms with Crippen LogP contribution in [0, 0.1) is 12.7 Å². The number of nitrogens with one attached hydrogen (secondary N) is 1. The van der Waals surface area contributed by atoms with Gasteiger partial charge in [0.25, 0.3) is 0 Å². The van der Waals surface area contributed by atoms with Gasteiger partial charge in [-0.15, -0.1) is 0 Å². The van der Waals surface area contributed by atoms with Crippen molar-refractivity contribution < 1.29 is 14.0 Å². The van der Waals surface area contributed by atoms with Crippen LogP contribution in [0.25, 0.3) is 0 Å². The van der Waals surface area contributed by atoms with Gasteiger partial charge in [0.05, 0.1) is 6.42 Å². The second-order valence-electron chi connectivity index (χ2n) is 9.86. The minimum Gasteiger partial charge on any atom is -0.352 e. The summed E-state index contributed by atoms with van der Waals surface area (Å²) in [6.07, 6.45) is 5.93. The molecule has 0 spiro atoms. The van der Waals surface area contributed by atoms with Gasteiger partial charge < -0.3 is 10.2 Å². The highest BCUT2D eigenvalue weighted by atomic mass is 19.1. The first-order chi connectivity index (χ1) is 17.5. The van der Waals surface area contributed by atoms with Crippen molar-refractivity contribution in [3.8, 4) is 0 Å². The van der Waals surface area contributed by atoms with Crippen molar-refractivity contribution in [3.63, 3.8) is 0 Å². The van der Waals surface area contributed by atoms with Gasteiger partial charge in [0, 0.05) is 19.0 Å².